The molecule has 0 aromatic heterocycles. The molecule has 0 aromatic carbocycles. The second kappa shape index (κ2) is 22.7. The third-order valence-electron chi connectivity index (χ3n) is 1.71. The highest BCUT2D eigenvalue weighted by Gasteiger charge is 2.00. The zero-order chi connectivity index (χ0) is 11.1. The van der Waals surface area contributed by atoms with Gasteiger partial charge in [-0.3, -0.25) is 0 Å². The predicted molar refractivity (Wildman–Crippen MR) is 63.3 cm³/mol. The molecule has 0 heterocycles. The van der Waals surface area contributed by atoms with Crippen molar-refractivity contribution in [3.8, 4) is 0 Å². The zero-order valence-corrected chi connectivity index (χ0v) is 10.8. The summed E-state index contributed by atoms with van der Waals surface area (Å²) in [6.45, 7) is 16.3. The van der Waals surface area contributed by atoms with E-state index in [0.29, 0.717) is 0 Å². The van der Waals surface area contributed by atoms with Crippen LogP contribution in [0.15, 0.2) is 0 Å². The number of ether oxygens (including phenoxy) is 1. The van der Waals surface area contributed by atoms with Gasteiger partial charge in [-0.15, -0.1) is 0 Å². The molecule has 1 heteroatoms. The summed E-state index contributed by atoms with van der Waals surface area (Å²) in [5.74, 6) is 0.782. The first-order chi connectivity index (χ1) is 6.35. The number of hydrogen-bond acceptors (Lipinski definition) is 1. The molecule has 0 bridgehead atoms. The monoisotopic (exact) mass is 190 g/mol. The second-order valence-corrected chi connectivity index (χ2v) is 2.34. The maximum atomic E-state index is 5.28. The first-order valence-electron chi connectivity index (χ1n) is 5.92. The molecule has 84 valence electrons. The van der Waals surface area contributed by atoms with E-state index < -0.39 is 0 Å². The van der Waals surface area contributed by atoms with Crippen molar-refractivity contribution in [1.82, 2.24) is 0 Å². The Morgan fingerprint density at radius 3 is 1.46 bits per heavy atom. The minimum absolute atomic E-state index is 0.782. The number of hydrogen-bond donors (Lipinski definition) is 0. The lowest BCUT2D eigenvalue weighted by Gasteiger charge is -2.10. The van der Waals surface area contributed by atoms with Crippen molar-refractivity contribution >= 4 is 0 Å². The highest BCUT2D eigenvalue weighted by Crippen LogP contribution is 2.06. The highest BCUT2D eigenvalue weighted by atomic mass is 16.5. The van der Waals surface area contributed by atoms with Crippen molar-refractivity contribution in [2.24, 2.45) is 5.92 Å². The maximum Gasteiger partial charge on any atom is 0.0493 e. The van der Waals surface area contributed by atoms with Crippen molar-refractivity contribution in [2.45, 2.75) is 61.3 Å². The molecule has 0 amide bonds. The van der Waals surface area contributed by atoms with Gasteiger partial charge in [-0.25, -0.2) is 0 Å². The average Bonchev–Trinajstić information content (AvgIpc) is 2.25. The quantitative estimate of drug-likeness (QED) is 0.619. The Labute approximate surface area is 85.9 Å². The van der Waals surface area contributed by atoms with E-state index in [-0.39, 0.29) is 0 Å². The Morgan fingerprint density at radius 1 is 0.846 bits per heavy atom. The minimum atomic E-state index is 0.782. The zero-order valence-electron chi connectivity index (χ0n) is 10.8. The molecule has 0 saturated carbocycles. The summed E-state index contributed by atoms with van der Waals surface area (Å²) in [6.07, 6.45) is 2.49. The molecule has 0 aromatic rings. The molecule has 13 heavy (non-hydrogen) atoms. The summed E-state index contributed by atoms with van der Waals surface area (Å²) >= 11 is 0. The second-order valence-electron chi connectivity index (χ2n) is 2.34. The fourth-order valence-corrected chi connectivity index (χ4v) is 0.809. The van der Waals surface area contributed by atoms with E-state index in [2.05, 4.69) is 13.8 Å². The van der Waals surface area contributed by atoms with Crippen LogP contribution in [0.25, 0.3) is 0 Å². The molecule has 0 rings (SSSR count). The molecule has 0 spiro atoms. The van der Waals surface area contributed by atoms with Crippen LogP contribution in [0.4, 0.5) is 0 Å². The molecular weight excluding hydrogens is 160 g/mol. The summed E-state index contributed by atoms with van der Waals surface area (Å²) in [4.78, 5) is 0. The van der Waals surface area contributed by atoms with Crippen LogP contribution in [0, 0.1) is 5.92 Å². The summed E-state index contributed by atoms with van der Waals surface area (Å²) in [5.41, 5.74) is 0. The SMILES string of the molecule is CC.CC.CCOCC(CC)CC. The first kappa shape index (κ1) is 18.7. The summed E-state index contributed by atoms with van der Waals surface area (Å²) in [5, 5.41) is 0. The van der Waals surface area contributed by atoms with Crippen LogP contribution in [-0.4, -0.2) is 13.2 Å². The summed E-state index contributed by atoms with van der Waals surface area (Å²) < 4.78 is 5.28. The molecule has 0 unspecified atom stereocenters. The molecule has 0 aliphatic rings. The molecular formula is C12H30O. The molecule has 0 radical (unpaired) electrons. The summed E-state index contributed by atoms with van der Waals surface area (Å²) in [7, 11) is 0. The minimum Gasteiger partial charge on any atom is -0.381 e. The van der Waals surface area contributed by atoms with Gasteiger partial charge in [0.25, 0.3) is 0 Å². The van der Waals surface area contributed by atoms with Crippen LogP contribution in [0.1, 0.15) is 61.3 Å². The Bertz CT molecular complexity index is 49.1. The van der Waals surface area contributed by atoms with Gasteiger partial charge in [0.2, 0.25) is 0 Å². The van der Waals surface area contributed by atoms with Crippen molar-refractivity contribution in [3.05, 3.63) is 0 Å². The van der Waals surface area contributed by atoms with E-state index in [1.54, 1.807) is 0 Å². The first-order valence-corrected chi connectivity index (χ1v) is 5.92. The fourth-order valence-electron chi connectivity index (χ4n) is 0.809. The van der Waals surface area contributed by atoms with E-state index in [0.717, 1.165) is 19.1 Å². The van der Waals surface area contributed by atoms with Gasteiger partial charge >= 0.3 is 0 Å². The van der Waals surface area contributed by atoms with Crippen LogP contribution in [0.5, 0.6) is 0 Å². The lowest BCUT2D eigenvalue weighted by Crippen LogP contribution is -2.06. The van der Waals surface area contributed by atoms with Gasteiger partial charge in [0.1, 0.15) is 0 Å². The van der Waals surface area contributed by atoms with Gasteiger partial charge in [0.15, 0.2) is 0 Å². The molecule has 0 aliphatic carbocycles. The van der Waals surface area contributed by atoms with Gasteiger partial charge in [-0.1, -0.05) is 54.4 Å². The topological polar surface area (TPSA) is 9.23 Å². The Kier molecular flexibility index (Phi) is 32.6. The Hall–Kier alpha value is -0.0400. The lowest BCUT2D eigenvalue weighted by molar-refractivity contribution is 0.107. The van der Waals surface area contributed by atoms with Gasteiger partial charge < -0.3 is 4.74 Å². The van der Waals surface area contributed by atoms with Crippen molar-refractivity contribution in [3.63, 3.8) is 0 Å². The van der Waals surface area contributed by atoms with Crippen molar-refractivity contribution in [2.75, 3.05) is 13.2 Å². The van der Waals surface area contributed by atoms with E-state index >= 15 is 0 Å². The standard InChI is InChI=1S/C8H18O.2C2H6/c1-4-8(5-2)7-9-6-3;2*1-2/h8H,4-7H2,1-3H3;2*1-2H3. The number of rotatable bonds is 5. The molecule has 0 fully saturated rings. The van der Waals surface area contributed by atoms with Gasteiger partial charge in [0.05, 0.1) is 0 Å². The van der Waals surface area contributed by atoms with Crippen LogP contribution in [0.2, 0.25) is 0 Å². The molecule has 0 N–H and O–H groups in total. The van der Waals surface area contributed by atoms with Crippen molar-refractivity contribution < 1.29 is 4.74 Å². The Morgan fingerprint density at radius 2 is 1.23 bits per heavy atom. The lowest BCUT2D eigenvalue weighted by atomic mass is 10.1. The third kappa shape index (κ3) is 18.7. The third-order valence-corrected chi connectivity index (χ3v) is 1.71. The molecule has 0 saturated heterocycles. The van der Waals surface area contributed by atoms with E-state index in [4.69, 9.17) is 4.74 Å². The normalized spacial score (nSPS) is 8.31. The molecule has 0 aliphatic heterocycles. The maximum absolute atomic E-state index is 5.28. The van der Waals surface area contributed by atoms with Gasteiger partial charge in [-0.05, 0) is 12.8 Å². The van der Waals surface area contributed by atoms with E-state index in [9.17, 15) is 0 Å². The summed E-state index contributed by atoms with van der Waals surface area (Å²) in [6, 6.07) is 0. The van der Waals surface area contributed by atoms with Crippen LogP contribution in [-0.2, 0) is 4.74 Å². The van der Waals surface area contributed by atoms with Crippen LogP contribution < -0.4 is 0 Å². The van der Waals surface area contributed by atoms with Gasteiger partial charge in [0, 0.05) is 13.2 Å². The Balaban J connectivity index is -0.000000218. The van der Waals surface area contributed by atoms with Crippen LogP contribution in [0.3, 0.4) is 0 Å². The van der Waals surface area contributed by atoms with Gasteiger partial charge in [-0.2, -0.15) is 0 Å². The van der Waals surface area contributed by atoms with Crippen LogP contribution >= 0.6 is 0 Å². The van der Waals surface area contributed by atoms with E-state index in [1.165, 1.54) is 12.8 Å². The van der Waals surface area contributed by atoms with Crippen molar-refractivity contribution in [1.29, 1.82) is 0 Å². The highest BCUT2D eigenvalue weighted by molar-refractivity contribution is 4.50. The average molecular weight is 190 g/mol. The largest absolute Gasteiger partial charge is 0.381 e. The fraction of sp³-hybridized carbons (Fsp3) is 1.00. The predicted octanol–water partition coefficient (Wildman–Crippen LogP) is 4.51. The molecule has 1 nitrogen and oxygen atoms in total. The van der Waals surface area contributed by atoms with E-state index in [1.807, 2.05) is 34.6 Å². The molecule has 0 atom stereocenters. The smallest absolute Gasteiger partial charge is 0.0493 e.